The van der Waals surface area contributed by atoms with Gasteiger partial charge in [-0.1, -0.05) is 12.1 Å². The third-order valence-corrected chi connectivity index (χ3v) is 4.14. The molecule has 1 aromatic carbocycles. The number of nitrogens with zero attached hydrogens (tertiary/aromatic N) is 4. The smallest absolute Gasteiger partial charge is 0.147 e. The molecule has 0 atom stereocenters. The molecule has 1 aliphatic rings. The van der Waals surface area contributed by atoms with Gasteiger partial charge in [-0.15, -0.1) is 0 Å². The second-order valence-electron chi connectivity index (χ2n) is 5.71. The highest BCUT2D eigenvalue weighted by atomic mass is 16.5. The number of ether oxygens (including phenoxy) is 1. The van der Waals surface area contributed by atoms with Crippen molar-refractivity contribution in [1.29, 1.82) is 0 Å². The maximum absolute atomic E-state index is 5.98. The summed E-state index contributed by atoms with van der Waals surface area (Å²) >= 11 is 0. The van der Waals surface area contributed by atoms with Gasteiger partial charge in [0, 0.05) is 32.1 Å². The third kappa shape index (κ3) is 3.08. The van der Waals surface area contributed by atoms with Gasteiger partial charge < -0.3 is 9.64 Å². The Bertz CT molecular complexity index is 785. The molecule has 23 heavy (non-hydrogen) atoms. The molecule has 5 heteroatoms. The van der Waals surface area contributed by atoms with Crippen LogP contribution < -0.4 is 9.64 Å². The molecule has 2 aromatic heterocycles. The molecular formula is C18H18N4O. The van der Waals surface area contributed by atoms with E-state index >= 15 is 0 Å². The number of pyridine rings is 1. The summed E-state index contributed by atoms with van der Waals surface area (Å²) in [6.45, 7) is 1.86. The van der Waals surface area contributed by atoms with Gasteiger partial charge in [0.2, 0.25) is 0 Å². The fraction of sp³-hybridized carbons (Fsp3) is 0.278. The fourth-order valence-electron chi connectivity index (χ4n) is 2.91. The molecule has 5 nitrogen and oxygen atoms in total. The van der Waals surface area contributed by atoms with Crippen molar-refractivity contribution in [3.63, 3.8) is 0 Å². The summed E-state index contributed by atoms with van der Waals surface area (Å²) in [6, 6.07) is 11.8. The first-order valence-electron chi connectivity index (χ1n) is 7.92. The summed E-state index contributed by atoms with van der Waals surface area (Å²) in [5.41, 5.74) is 1.88. The molecule has 0 radical (unpaired) electrons. The van der Waals surface area contributed by atoms with Crippen LogP contribution in [-0.2, 0) is 0 Å². The molecule has 0 saturated carbocycles. The van der Waals surface area contributed by atoms with Gasteiger partial charge in [0.05, 0.1) is 23.4 Å². The van der Waals surface area contributed by atoms with E-state index in [2.05, 4.69) is 14.9 Å². The maximum Gasteiger partial charge on any atom is 0.147 e. The highest BCUT2D eigenvalue weighted by molar-refractivity contribution is 5.75. The molecule has 0 amide bonds. The molecule has 4 rings (SSSR count). The number of rotatable bonds is 3. The molecule has 1 aliphatic heterocycles. The average Bonchev–Trinajstić information content (AvgIpc) is 2.63. The largest absolute Gasteiger partial charge is 0.489 e. The van der Waals surface area contributed by atoms with Gasteiger partial charge >= 0.3 is 0 Å². The van der Waals surface area contributed by atoms with Gasteiger partial charge in [-0.05, 0) is 24.3 Å². The Kier molecular flexibility index (Phi) is 3.76. The van der Waals surface area contributed by atoms with Crippen LogP contribution in [0.25, 0.3) is 11.0 Å². The molecule has 3 aromatic rings. The second-order valence-corrected chi connectivity index (χ2v) is 5.71. The predicted molar refractivity (Wildman–Crippen MR) is 89.6 cm³/mol. The average molecular weight is 306 g/mol. The molecule has 3 heterocycles. The molecule has 0 N–H and O–H groups in total. The van der Waals surface area contributed by atoms with Crippen LogP contribution in [0.1, 0.15) is 12.8 Å². The van der Waals surface area contributed by atoms with E-state index in [9.17, 15) is 0 Å². The topological polar surface area (TPSA) is 51.1 Å². The number of benzene rings is 1. The van der Waals surface area contributed by atoms with Crippen LogP contribution in [0, 0.1) is 0 Å². The Morgan fingerprint density at radius 3 is 2.57 bits per heavy atom. The van der Waals surface area contributed by atoms with Crippen LogP contribution in [-0.4, -0.2) is 34.1 Å². The zero-order valence-electron chi connectivity index (χ0n) is 12.8. The highest BCUT2D eigenvalue weighted by Gasteiger charge is 2.21. The zero-order valence-corrected chi connectivity index (χ0v) is 12.8. The van der Waals surface area contributed by atoms with Gasteiger partial charge in [-0.25, -0.2) is 4.98 Å². The van der Waals surface area contributed by atoms with Crippen molar-refractivity contribution in [2.75, 3.05) is 18.0 Å². The number of hydrogen-bond donors (Lipinski definition) is 0. The van der Waals surface area contributed by atoms with E-state index in [1.807, 2.05) is 42.6 Å². The molecular weight excluding hydrogens is 288 g/mol. The minimum atomic E-state index is 0.240. The summed E-state index contributed by atoms with van der Waals surface area (Å²) in [7, 11) is 0. The monoisotopic (exact) mass is 306 g/mol. The Labute approximate surface area is 135 Å². The first-order chi connectivity index (χ1) is 11.4. The SMILES string of the molecule is c1cncc(OC2CCN(c3cnc4ccccc4n3)CC2)c1. The summed E-state index contributed by atoms with van der Waals surface area (Å²) < 4.78 is 5.98. The van der Waals surface area contributed by atoms with Crippen LogP contribution in [0.15, 0.2) is 55.0 Å². The molecule has 116 valence electrons. The number of fused-ring (bicyclic) bond motifs is 1. The standard InChI is InChI=1S/C18H18N4O/c1-2-6-17-16(5-1)20-13-18(21-17)22-10-7-14(8-11-22)23-15-4-3-9-19-12-15/h1-6,9,12-14H,7-8,10-11H2. The van der Waals surface area contributed by atoms with E-state index in [0.29, 0.717) is 0 Å². The molecule has 1 fully saturated rings. The summed E-state index contributed by atoms with van der Waals surface area (Å²) in [5.74, 6) is 1.79. The van der Waals surface area contributed by atoms with E-state index in [1.54, 1.807) is 12.4 Å². The minimum Gasteiger partial charge on any atom is -0.489 e. The van der Waals surface area contributed by atoms with Crippen LogP contribution in [0.2, 0.25) is 0 Å². The van der Waals surface area contributed by atoms with Crippen LogP contribution in [0.3, 0.4) is 0 Å². The van der Waals surface area contributed by atoms with E-state index in [1.165, 1.54) is 0 Å². The van der Waals surface area contributed by atoms with Crippen molar-refractivity contribution in [2.45, 2.75) is 18.9 Å². The number of anilines is 1. The predicted octanol–water partition coefficient (Wildman–Crippen LogP) is 3.07. The first kappa shape index (κ1) is 13.9. The molecule has 0 unspecified atom stereocenters. The number of piperidine rings is 1. The second kappa shape index (κ2) is 6.20. The number of para-hydroxylation sites is 2. The summed E-state index contributed by atoms with van der Waals surface area (Å²) in [5, 5.41) is 0. The first-order valence-corrected chi connectivity index (χ1v) is 7.92. The summed E-state index contributed by atoms with van der Waals surface area (Å²) in [4.78, 5) is 15.6. The Morgan fingerprint density at radius 1 is 0.957 bits per heavy atom. The quantitative estimate of drug-likeness (QED) is 0.744. The lowest BCUT2D eigenvalue weighted by molar-refractivity contribution is 0.170. The zero-order chi connectivity index (χ0) is 15.5. The van der Waals surface area contributed by atoms with Crippen LogP contribution in [0.5, 0.6) is 5.75 Å². The van der Waals surface area contributed by atoms with E-state index in [4.69, 9.17) is 9.72 Å². The van der Waals surface area contributed by atoms with Crippen molar-refractivity contribution in [3.05, 3.63) is 55.0 Å². The minimum absolute atomic E-state index is 0.240. The van der Waals surface area contributed by atoms with Crippen molar-refractivity contribution in [3.8, 4) is 5.75 Å². The molecule has 1 saturated heterocycles. The number of aromatic nitrogens is 3. The lowest BCUT2D eigenvalue weighted by Gasteiger charge is -2.32. The number of hydrogen-bond acceptors (Lipinski definition) is 5. The lowest BCUT2D eigenvalue weighted by atomic mass is 10.1. The van der Waals surface area contributed by atoms with Crippen LogP contribution >= 0.6 is 0 Å². The molecule has 0 spiro atoms. The Morgan fingerprint density at radius 2 is 1.78 bits per heavy atom. The van der Waals surface area contributed by atoms with Crippen molar-refractivity contribution < 1.29 is 4.74 Å². The maximum atomic E-state index is 5.98. The third-order valence-electron chi connectivity index (χ3n) is 4.14. The van der Waals surface area contributed by atoms with Gasteiger partial charge in [0.1, 0.15) is 17.7 Å². The van der Waals surface area contributed by atoms with Gasteiger partial charge in [0.15, 0.2) is 0 Å². The summed E-state index contributed by atoms with van der Waals surface area (Å²) in [6.07, 6.45) is 7.58. The van der Waals surface area contributed by atoms with E-state index < -0.39 is 0 Å². The lowest BCUT2D eigenvalue weighted by Crippen LogP contribution is -2.38. The van der Waals surface area contributed by atoms with Gasteiger partial charge in [-0.2, -0.15) is 0 Å². The molecule has 0 bridgehead atoms. The Balaban J connectivity index is 1.42. The van der Waals surface area contributed by atoms with E-state index in [-0.39, 0.29) is 6.10 Å². The fourth-order valence-corrected chi connectivity index (χ4v) is 2.91. The van der Waals surface area contributed by atoms with Crippen LogP contribution in [0.4, 0.5) is 5.82 Å². The Hall–Kier alpha value is -2.69. The van der Waals surface area contributed by atoms with Crippen molar-refractivity contribution in [1.82, 2.24) is 15.0 Å². The van der Waals surface area contributed by atoms with Gasteiger partial charge in [0.25, 0.3) is 0 Å². The van der Waals surface area contributed by atoms with E-state index in [0.717, 1.165) is 48.5 Å². The highest BCUT2D eigenvalue weighted by Crippen LogP contribution is 2.22. The van der Waals surface area contributed by atoms with Crippen molar-refractivity contribution >= 4 is 16.9 Å². The molecule has 0 aliphatic carbocycles. The normalized spacial score (nSPS) is 15.7. The van der Waals surface area contributed by atoms with Gasteiger partial charge in [-0.3, -0.25) is 9.97 Å². The van der Waals surface area contributed by atoms with Crippen molar-refractivity contribution in [2.24, 2.45) is 0 Å².